The van der Waals surface area contributed by atoms with Crippen LogP contribution in [-0.4, -0.2) is 24.0 Å². The van der Waals surface area contributed by atoms with E-state index in [1.807, 2.05) is 17.8 Å². The quantitative estimate of drug-likeness (QED) is 0.480. The van der Waals surface area contributed by atoms with Crippen LogP contribution in [0.3, 0.4) is 0 Å². The summed E-state index contributed by atoms with van der Waals surface area (Å²) >= 11 is 1.94. The summed E-state index contributed by atoms with van der Waals surface area (Å²) in [6.07, 6.45) is 7.06. The summed E-state index contributed by atoms with van der Waals surface area (Å²) in [6, 6.07) is 13.5. The van der Waals surface area contributed by atoms with Crippen molar-refractivity contribution in [2.45, 2.75) is 59.9 Å². The minimum Gasteiger partial charge on any atom is -0.372 e. The Kier molecular flexibility index (Phi) is 5.34. The lowest BCUT2D eigenvalue weighted by atomic mass is 10.1. The van der Waals surface area contributed by atoms with Crippen molar-refractivity contribution in [1.29, 1.82) is 0 Å². The van der Waals surface area contributed by atoms with Crippen LogP contribution in [0.1, 0.15) is 39.5 Å². The molecule has 1 aliphatic carbocycles. The third kappa shape index (κ3) is 3.89. The van der Waals surface area contributed by atoms with Gasteiger partial charge in [-0.3, -0.25) is 4.98 Å². The molecule has 1 saturated carbocycles. The summed E-state index contributed by atoms with van der Waals surface area (Å²) in [5, 5.41) is 8.00. The highest BCUT2D eigenvalue weighted by Gasteiger charge is 2.31. The van der Waals surface area contributed by atoms with Gasteiger partial charge in [-0.05, 0) is 75.1 Å². The number of benzene rings is 2. The van der Waals surface area contributed by atoms with Crippen LogP contribution in [0, 0.1) is 5.92 Å². The maximum absolute atomic E-state index is 12.7. The van der Waals surface area contributed by atoms with Gasteiger partial charge in [-0.15, -0.1) is 0 Å². The molecule has 1 aliphatic heterocycles. The summed E-state index contributed by atoms with van der Waals surface area (Å²) in [7, 11) is -3.35. The average molecular weight is 454 g/mol. The Balaban J connectivity index is 1.44. The molecule has 31 heavy (non-hydrogen) atoms. The van der Waals surface area contributed by atoms with E-state index in [9.17, 15) is 8.42 Å². The molecule has 0 bridgehead atoms. The number of aromatic nitrogens is 1. The van der Waals surface area contributed by atoms with E-state index in [0.717, 1.165) is 28.2 Å². The molecule has 2 heterocycles. The number of rotatable bonds is 5. The average Bonchev–Trinajstić information content (AvgIpc) is 3.43. The topological polar surface area (TPSA) is 71.1 Å². The molecule has 2 aromatic carbocycles. The lowest BCUT2D eigenvalue weighted by Crippen LogP contribution is -2.19. The number of pyridine rings is 1. The van der Waals surface area contributed by atoms with E-state index in [1.165, 1.54) is 36.3 Å². The molecule has 2 N–H and O–H groups in total. The molecule has 2 aliphatic rings. The van der Waals surface area contributed by atoms with Crippen LogP contribution in [0.2, 0.25) is 0 Å². The van der Waals surface area contributed by atoms with Gasteiger partial charge in [0.15, 0.2) is 9.84 Å². The molecule has 0 radical (unpaired) electrons. The summed E-state index contributed by atoms with van der Waals surface area (Å²) in [6.45, 7) is 3.41. The maximum atomic E-state index is 12.7. The lowest BCUT2D eigenvalue weighted by Gasteiger charge is -2.17. The van der Waals surface area contributed by atoms with Crippen LogP contribution in [0.5, 0.6) is 0 Å². The second-order valence-corrected chi connectivity index (χ2v) is 12.4. The Morgan fingerprint density at radius 2 is 1.90 bits per heavy atom. The van der Waals surface area contributed by atoms with Crippen molar-refractivity contribution in [3.8, 4) is 0 Å². The van der Waals surface area contributed by atoms with Crippen molar-refractivity contribution >= 4 is 49.6 Å². The van der Waals surface area contributed by atoms with Gasteiger partial charge in [0.05, 0.1) is 26.7 Å². The smallest absolute Gasteiger partial charge is 0.180 e. The highest BCUT2D eigenvalue weighted by molar-refractivity contribution is 8.00. The van der Waals surface area contributed by atoms with Crippen LogP contribution in [-0.2, 0) is 9.84 Å². The fraction of sp³-hybridized carbons (Fsp3) is 0.375. The van der Waals surface area contributed by atoms with Gasteiger partial charge in [-0.1, -0.05) is 24.6 Å². The number of hydrogen-bond acceptors (Lipinski definition) is 6. The summed E-state index contributed by atoms with van der Waals surface area (Å²) in [5.74, 6) is 0.749. The Hall–Kier alpha value is -2.25. The Morgan fingerprint density at radius 1 is 1.10 bits per heavy atom. The van der Waals surface area contributed by atoms with Crippen LogP contribution in [0.4, 0.5) is 17.1 Å². The maximum Gasteiger partial charge on any atom is 0.180 e. The van der Waals surface area contributed by atoms with Gasteiger partial charge >= 0.3 is 0 Å². The minimum atomic E-state index is -3.35. The molecule has 5 rings (SSSR count). The number of sulfone groups is 1. The molecule has 5 nitrogen and oxygen atoms in total. The zero-order valence-electron chi connectivity index (χ0n) is 17.8. The number of anilines is 3. The zero-order valence-corrected chi connectivity index (χ0v) is 19.4. The first-order valence-corrected chi connectivity index (χ1v) is 13.3. The van der Waals surface area contributed by atoms with Gasteiger partial charge in [0, 0.05) is 27.9 Å². The van der Waals surface area contributed by atoms with Crippen molar-refractivity contribution in [3.05, 3.63) is 48.7 Å². The van der Waals surface area contributed by atoms with Crippen LogP contribution in [0.25, 0.3) is 10.9 Å². The minimum absolute atomic E-state index is 0.331. The van der Waals surface area contributed by atoms with Crippen LogP contribution >= 0.6 is 11.8 Å². The van der Waals surface area contributed by atoms with E-state index in [-0.39, 0.29) is 0 Å². The molecule has 1 aromatic heterocycles. The molecule has 3 aromatic rings. The second-order valence-electron chi connectivity index (χ2n) is 8.69. The zero-order chi connectivity index (χ0) is 21.6. The summed E-state index contributed by atoms with van der Waals surface area (Å²) in [4.78, 5) is 6.04. The first kappa shape index (κ1) is 20.6. The first-order chi connectivity index (χ1) is 14.9. The van der Waals surface area contributed by atoms with Gasteiger partial charge in [-0.25, -0.2) is 8.42 Å². The molecule has 0 amide bonds. The van der Waals surface area contributed by atoms with Gasteiger partial charge < -0.3 is 10.6 Å². The van der Waals surface area contributed by atoms with Gasteiger partial charge in [0.1, 0.15) is 0 Å². The largest absolute Gasteiger partial charge is 0.372 e. The summed E-state index contributed by atoms with van der Waals surface area (Å²) < 4.78 is 25.3. The molecule has 0 saturated heterocycles. The fourth-order valence-corrected chi connectivity index (χ4v) is 6.86. The number of fused-ring (bicyclic) bond motifs is 2. The summed E-state index contributed by atoms with van der Waals surface area (Å²) in [5.41, 5.74) is 3.77. The predicted molar refractivity (Wildman–Crippen MR) is 129 cm³/mol. The molecule has 1 unspecified atom stereocenters. The molecule has 162 valence electrons. The number of nitrogens with one attached hydrogen (secondary N) is 2. The van der Waals surface area contributed by atoms with Crippen molar-refractivity contribution in [2.24, 2.45) is 5.92 Å². The van der Waals surface area contributed by atoms with Gasteiger partial charge in [0.25, 0.3) is 0 Å². The Labute approximate surface area is 188 Å². The fourth-order valence-electron chi connectivity index (χ4n) is 4.46. The lowest BCUT2D eigenvalue weighted by molar-refractivity contribution is 0.554. The molecular formula is C24H27N3O2S2. The van der Waals surface area contributed by atoms with Crippen molar-refractivity contribution in [3.63, 3.8) is 0 Å². The predicted octanol–water partition coefficient (Wildman–Crippen LogP) is 6.19. The third-order valence-electron chi connectivity index (χ3n) is 6.30. The van der Waals surface area contributed by atoms with E-state index in [1.54, 1.807) is 38.2 Å². The van der Waals surface area contributed by atoms with Crippen LogP contribution < -0.4 is 10.6 Å². The molecule has 0 spiro atoms. The molecule has 7 heteroatoms. The first-order valence-electron chi connectivity index (χ1n) is 10.9. The van der Waals surface area contributed by atoms with Crippen molar-refractivity contribution < 1.29 is 8.42 Å². The number of hydrogen-bond donors (Lipinski definition) is 2. The molecular weight excluding hydrogens is 426 g/mol. The SMILES string of the molecule is CC(C)S(=O)(=O)c1ccc2nccc(Nc3ccc4c(c3)NC(C3CCCC3)S4)c2c1. The highest BCUT2D eigenvalue weighted by atomic mass is 32.2. The highest BCUT2D eigenvalue weighted by Crippen LogP contribution is 2.46. The monoisotopic (exact) mass is 453 g/mol. The second kappa shape index (κ2) is 8.02. The normalized spacial score (nSPS) is 19.0. The van der Waals surface area contributed by atoms with Crippen LogP contribution in [0.15, 0.2) is 58.5 Å². The number of nitrogens with zero attached hydrogens (tertiary/aromatic N) is 1. The van der Waals surface area contributed by atoms with E-state index in [2.05, 4.69) is 33.8 Å². The van der Waals surface area contributed by atoms with E-state index >= 15 is 0 Å². The molecule has 1 atom stereocenters. The number of thioether (sulfide) groups is 1. The Bertz CT molecular complexity index is 1230. The third-order valence-corrected chi connectivity index (χ3v) is 9.82. The van der Waals surface area contributed by atoms with E-state index in [4.69, 9.17) is 0 Å². The van der Waals surface area contributed by atoms with Crippen molar-refractivity contribution in [1.82, 2.24) is 4.98 Å². The van der Waals surface area contributed by atoms with E-state index < -0.39 is 15.1 Å². The van der Waals surface area contributed by atoms with Crippen molar-refractivity contribution in [2.75, 3.05) is 10.6 Å². The van der Waals surface area contributed by atoms with E-state index in [0.29, 0.717) is 10.3 Å². The van der Waals surface area contributed by atoms with Gasteiger partial charge in [-0.2, -0.15) is 0 Å². The molecule has 1 fully saturated rings. The Morgan fingerprint density at radius 3 is 2.68 bits per heavy atom. The standard InChI is InChI=1S/C24H27N3O2S2/c1-15(2)31(28,29)18-8-9-20-19(14-18)21(11-12-25-20)26-17-7-10-23-22(13-17)27-24(30-23)16-5-3-4-6-16/h7-16,24,27H,3-6H2,1-2H3,(H,25,26). The van der Waals surface area contributed by atoms with Gasteiger partial charge in [0.2, 0.25) is 0 Å².